The van der Waals surface area contributed by atoms with Crippen molar-refractivity contribution in [1.82, 2.24) is 19.9 Å². The van der Waals surface area contributed by atoms with Crippen LogP contribution in [0.1, 0.15) is 60.3 Å². The molecule has 1 amide bonds. The highest BCUT2D eigenvalue weighted by molar-refractivity contribution is 7.92. The predicted octanol–water partition coefficient (Wildman–Crippen LogP) is 5.92. The van der Waals surface area contributed by atoms with Crippen LogP contribution >= 0.6 is 0 Å². The molecule has 0 unspecified atom stereocenters. The van der Waals surface area contributed by atoms with Crippen LogP contribution in [0.3, 0.4) is 0 Å². The Balaban J connectivity index is 1.27. The summed E-state index contributed by atoms with van der Waals surface area (Å²) in [6.45, 7) is 11.4. The van der Waals surface area contributed by atoms with Crippen molar-refractivity contribution in [2.45, 2.75) is 81.6 Å². The zero-order valence-corrected chi connectivity index (χ0v) is 27.6. The van der Waals surface area contributed by atoms with Crippen molar-refractivity contribution in [3.63, 3.8) is 0 Å². The summed E-state index contributed by atoms with van der Waals surface area (Å²) in [4.78, 5) is 30.3. The molecule has 0 radical (unpaired) electrons. The van der Waals surface area contributed by atoms with E-state index < -0.39 is 20.7 Å². The third-order valence-corrected chi connectivity index (χ3v) is 10.5. The molecule has 0 bridgehead atoms. The standard InChI is InChI=1S/C32H43N7O5S/c1-22(2)45(41,42)27-11-8-7-10-25(27)36-29-34-21-33-28(37-29)35-24-13-12-23(20-26(24)43-6)38-18-15-32(16-19-38)14-9-17-39(32)30(40)44-31(3,4)5/h7-8,10-13,20-22H,9,14-19H2,1-6H3,(H2,33,34,35,36,37). The number of hydrogen-bond acceptors (Lipinski definition) is 11. The lowest BCUT2D eigenvalue weighted by atomic mass is 9.85. The number of benzene rings is 2. The van der Waals surface area contributed by atoms with Crippen LogP contribution in [0.5, 0.6) is 5.75 Å². The van der Waals surface area contributed by atoms with Crippen LogP contribution in [-0.4, -0.2) is 77.5 Å². The molecule has 2 aliphatic heterocycles. The summed E-state index contributed by atoms with van der Waals surface area (Å²) in [6, 6.07) is 12.6. The molecule has 2 N–H and O–H groups in total. The van der Waals surface area contributed by atoms with Gasteiger partial charge in [0.05, 0.1) is 28.6 Å². The van der Waals surface area contributed by atoms with Crippen LogP contribution in [0.15, 0.2) is 53.7 Å². The molecule has 45 heavy (non-hydrogen) atoms. The number of amides is 1. The van der Waals surface area contributed by atoms with Gasteiger partial charge in [-0.3, -0.25) is 0 Å². The molecule has 13 heteroatoms. The molecule has 0 aliphatic carbocycles. The van der Waals surface area contributed by atoms with Crippen LogP contribution in [-0.2, 0) is 14.6 Å². The van der Waals surface area contributed by atoms with Gasteiger partial charge in [-0.05, 0) is 84.6 Å². The van der Waals surface area contributed by atoms with E-state index in [0.717, 1.165) is 51.0 Å². The number of carbonyl (C=O) groups excluding carboxylic acids is 1. The van der Waals surface area contributed by atoms with Crippen LogP contribution in [0.25, 0.3) is 0 Å². The van der Waals surface area contributed by atoms with Gasteiger partial charge < -0.3 is 29.9 Å². The SMILES string of the molecule is COc1cc(N2CCC3(CCCN3C(=O)OC(C)(C)C)CC2)ccc1Nc1ncnc(Nc2ccccc2S(=O)(=O)C(C)C)n1. The Hall–Kier alpha value is -4.13. The first-order valence-electron chi connectivity index (χ1n) is 15.3. The number of nitrogens with one attached hydrogen (secondary N) is 2. The second-order valence-corrected chi connectivity index (χ2v) is 15.3. The van der Waals surface area contributed by atoms with Crippen molar-refractivity contribution in [2.75, 3.05) is 42.3 Å². The van der Waals surface area contributed by atoms with Gasteiger partial charge in [0.15, 0.2) is 9.84 Å². The lowest BCUT2D eigenvalue weighted by Gasteiger charge is -2.45. The fourth-order valence-electron chi connectivity index (χ4n) is 5.95. The Morgan fingerprint density at radius 2 is 1.62 bits per heavy atom. The maximum Gasteiger partial charge on any atom is 0.410 e. The van der Waals surface area contributed by atoms with Gasteiger partial charge in [-0.1, -0.05) is 12.1 Å². The highest BCUT2D eigenvalue weighted by Gasteiger charge is 2.46. The van der Waals surface area contributed by atoms with E-state index in [2.05, 4.69) is 30.5 Å². The fourth-order valence-corrected chi connectivity index (χ4v) is 7.15. The molecular weight excluding hydrogens is 594 g/mol. The van der Waals surface area contributed by atoms with Gasteiger partial charge in [0, 0.05) is 36.9 Å². The number of nitrogens with zero attached hydrogens (tertiary/aromatic N) is 5. The minimum absolute atomic E-state index is 0.158. The third-order valence-electron chi connectivity index (χ3n) is 8.33. The number of hydrogen-bond donors (Lipinski definition) is 2. The van der Waals surface area contributed by atoms with Gasteiger partial charge in [-0.2, -0.15) is 4.98 Å². The highest BCUT2D eigenvalue weighted by atomic mass is 32.2. The van der Waals surface area contributed by atoms with Gasteiger partial charge in [0.25, 0.3) is 0 Å². The van der Waals surface area contributed by atoms with E-state index in [1.807, 2.05) is 43.9 Å². The molecule has 1 spiro atoms. The molecule has 2 saturated heterocycles. The number of ether oxygens (including phenoxy) is 2. The van der Waals surface area contributed by atoms with E-state index >= 15 is 0 Å². The number of para-hydroxylation sites is 1. The van der Waals surface area contributed by atoms with Crippen molar-refractivity contribution in [2.24, 2.45) is 0 Å². The van der Waals surface area contributed by atoms with Gasteiger partial charge in [-0.15, -0.1) is 0 Å². The quantitative estimate of drug-likeness (QED) is 0.304. The van der Waals surface area contributed by atoms with Crippen LogP contribution in [0.2, 0.25) is 0 Å². The number of likely N-dealkylation sites (tertiary alicyclic amines) is 1. The minimum atomic E-state index is -3.52. The van der Waals surface area contributed by atoms with Crippen LogP contribution in [0.4, 0.5) is 33.8 Å². The number of anilines is 5. The van der Waals surface area contributed by atoms with Crippen molar-refractivity contribution in [3.8, 4) is 5.75 Å². The monoisotopic (exact) mass is 637 g/mol. The maximum absolute atomic E-state index is 13.0. The summed E-state index contributed by atoms with van der Waals surface area (Å²) < 4.78 is 37.2. The van der Waals surface area contributed by atoms with E-state index in [4.69, 9.17) is 9.47 Å². The van der Waals surface area contributed by atoms with Crippen molar-refractivity contribution in [3.05, 3.63) is 48.8 Å². The molecule has 0 saturated carbocycles. The van der Waals surface area contributed by atoms with Crippen LogP contribution in [0, 0.1) is 0 Å². The highest BCUT2D eigenvalue weighted by Crippen LogP contribution is 2.41. The summed E-state index contributed by atoms with van der Waals surface area (Å²) in [5.74, 6) is 1.09. The van der Waals surface area contributed by atoms with Crippen molar-refractivity contribution >= 4 is 44.9 Å². The molecule has 242 valence electrons. The molecule has 0 atom stereocenters. The Kier molecular flexibility index (Phi) is 9.11. The molecule has 12 nitrogen and oxygen atoms in total. The van der Waals surface area contributed by atoms with Gasteiger partial charge in [-0.25, -0.2) is 23.2 Å². The fraction of sp³-hybridized carbons (Fsp3) is 0.500. The average molecular weight is 638 g/mol. The average Bonchev–Trinajstić information content (AvgIpc) is 3.40. The summed E-state index contributed by atoms with van der Waals surface area (Å²) in [5, 5.41) is 5.65. The number of methoxy groups -OCH3 is 1. The molecule has 2 aliphatic rings. The van der Waals surface area contributed by atoms with Gasteiger partial charge in [0.1, 0.15) is 17.7 Å². The summed E-state index contributed by atoms with van der Waals surface area (Å²) in [5.41, 5.74) is 1.40. The maximum atomic E-state index is 13.0. The van der Waals surface area contributed by atoms with E-state index in [1.165, 1.54) is 6.33 Å². The second-order valence-electron chi connectivity index (χ2n) is 12.8. The zero-order valence-electron chi connectivity index (χ0n) is 26.8. The second kappa shape index (κ2) is 12.7. The number of carbonyl (C=O) groups is 1. The van der Waals surface area contributed by atoms with Crippen molar-refractivity contribution in [1.29, 1.82) is 0 Å². The lowest BCUT2D eigenvalue weighted by Crippen LogP contribution is -2.55. The smallest absolute Gasteiger partial charge is 0.410 e. The predicted molar refractivity (Wildman–Crippen MR) is 175 cm³/mol. The lowest BCUT2D eigenvalue weighted by molar-refractivity contribution is 0.00322. The van der Waals surface area contributed by atoms with E-state index in [1.54, 1.807) is 45.2 Å². The molecule has 1 aromatic heterocycles. The molecule has 2 aromatic carbocycles. The Morgan fingerprint density at radius 3 is 2.27 bits per heavy atom. The first kappa shape index (κ1) is 32.3. The summed E-state index contributed by atoms with van der Waals surface area (Å²) >= 11 is 0. The molecule has 3 aromatic rings. The van der Waals surface area contributed by atoms with E-state index in [0.29, 0.717) is 17.1 Å². The van der Waals surface area contributed by atoms with Gasteiger partial charge in [0.2, 0.25) is 11.9 Å². The summed E-state index contributed by atoms with van der Waals surface area (Å²) in [6.07, 6.45) is 4.87. The Morgan fingerprint density at radius 1 is 0.956 bits per heavy atom. The molecule has 2 fully saturated rings. The third kappa shape index (κ3) is 7.08. The summed E-state index contributed by atoms with van der Waals surface area (Å²) in [7, 11) is -1.91. The number of rotatable bonds is 8. The molecular formula is C32H43N7O5S. The van der Waals surface area contributed by atoms with E-state index in [-0.39, 0.29) is 28.4 Å². The number of piperidine rings is 1. The first-order valence-corrected chi connectivity index (χ1v) is 16.9. The topological polar surface area (TPSA) is 139 Å². The largest absolute Gasteiger partial charge is 0.494 e. The zero-order chi connectivity index (χ0) is 32.4. The Labute approximate surface area is 265 Å². The van der Waals surface area contributed by atoms with E-state index in [9.17, 15) is 13.2 Å². The Bertz CT molecular complexity index is 1630. The minimum Gasteiger partial charge on any atom is -0.494 e. The molecule has 5 rings (SSSR count). The van der Waals surface area contributed by atoms with Gasteiger partial charge >= 0.3 is 6.09 Å². The number of aromatic nitrogens is 3. The number of sulfone groups is 1. The van der Waals surface area contributed by atoms with Crippen LogP contribution < -0.4 is 20.3 Å². The normalized spacial score (nSPS) is 16.6. The molecule has 3 heterocycles. The first-order chi connectivity index (χ1) is 21.3. The van der Waals surface area contributed by atoms with Crippen molar-refractivity contribution < 1.29 is 22.7 Å².